The molecule has 1 heterocycles. The van der Waals surface area contributed by atoms with Gasteiger partial charge in [-0.1, -0.05) is 30.3 Å². The van der Waals surface area contributed by atoms with Crippen LogP contribution in [0.15, 0.2) is 72.8 Å². The molecule has 6 heteroatoms. The summed E-state index contributed by atoms with van der Waals surface area (Å²) in [4.78, 5) is 15.0. The predicted molar refractivity (Wildman–Crippen MR) is 119 cm³/mol. The summed E-state index contributed by atoms with van der Waals surface area (Å²) in [6.45, 7) is 3.36. The number of ether oxygens (including phenoxy) is 2. The van der Waals surface area contributed by atoms with Crippen LogP contribution in [-0.2, 0) is 11.3 Å². The van der Waals surface area contributed by atoms with Crippen LogP contribution in [0.1, 0.15) is 21.5 Å². The summed E-state index contributed by atoms with van der Waals surface area (Å²) in [6.07, 6.45) is 0. The van der Waals surface area contributed by atoms with Crippen LogP contribution >= 0.6 is 0 Å². The minimum Gasteiger partial charge on any atom is -0.489 e. The van der Waals surface area contributed by atoms with Gasteiger partial charge in [-0.2, -0.15) is 5.26 Å². The van der Waals surface area contributed by atoms with Crippen LogP contribution in [0.4, 0.5) is 11.4 Å². The van der Waals surface area contributed by atoms with E-state index in [-0.39, 0.29) is 12.5 Å². The molecule has 1 aliphatic rings. The molecule has 1 N–H and O–H groups in total. The molecule has 6 nitrogen and oxygen atoms in total. The molecule has 0 unspecified atom stereocenters. The second kappa shape index (κ2) is 9.79. The number of amides is 1. The zero-order valence-electron chi connectivity index (χ0n) is 17.1. The smallest absolute Gasteiger partial charge is 0.255 e. The number of nitriles is 1. The third kappa shape index (κ3) is 5.21. The Labute approximate surface area is 181 Å². The molecule has 4 rings (SSSR count). The lowest BCUT2D eigenvalue weighted by Gasteiger charge is -2.29. The van der Waals surface area contributed by atoms with Crippen LogP contribution in [0.5, 0.6) is 5.75 Å². The van der Waals surface area contributed by atoms with Crippen molar-refractivity contribution in [2.24, 2.45) is 0 Å². The van der Waals surface area contributed by atoms with Gasteiger partial charge in [0.05, 0.1) is 24.8 Å². The van der Waals surface area contributed by atoms with Crippen molar-refractivity contribution in [3.05, 3.63) is 89.5 Å². The third-order valence-electron chi connectivity index (χ3n) is 5.11. The average molecular weight is 413 g/mol. The third-order valence-corrected chi connectivity index (χ3v) is 5.11. The van der Waals surface area contributed by atoms with Gasteiger partial charge in [0.2, 0.25) is 0 Å². The highest BCUT2D eigenvalue weighted by molar-refractivity contribution is 6.04. The number of carbonyl (C=O) groups excluding carboxylic acids is 1. The summed E-state index contributed by atoms with van der Waals surface area (Å²) in [5.74, 6) is 0.365. The van der Waals surface area contributed by atoms with E-state index in [1.165, 1.54) is 0 Å². The van der Waals surface area contributed by atoms with Crippen molar-refractivity contribution in [3.8, 4) is 11.8 Å². The van der Waals surface area contributed by atoms with Gasteiger partial charge in [0.15, 0.2) is 0 Å². The molecular formula is C25H23N3O3. The predicted octanol–water partition coefficient (Wildman–Crippen LogP) is 4.23. The van der Waals surface area contributed by atoms with Gasteiger partial charge >= 0.3 is 0 Å². The van der Waals surface area contributed by atoms with Crippen LogP contribution in [0.25, 0.3) is 0 Å². The highest BCUT2D eigenvalue weighted by Gasteiger charge is 2.13. The number of nitrogens with zero attached hydrogens (tertiary/aromatic N) is 2. The largest absolute Gasteiger partial charge is 0.489 e. The maximum absolute atomic E-state index is 12.8. The zero-order chi connectivity index (χ0) is 21.5. The summed E-state index contributed by atoms with van der Waals surface area (Å²) >= 11 is 0. The lowest BCUT2D eigenvalue weighted by Crippen LogP contribution is -2.36. The van der Waals surface area contributed by atoms with Crippen molar-refractivity contribution in [3.63, 3.8) is 0 Å². The first kappa shape index (κ1) is 20.5. The lowest BCUT2D eigenvalue weighted by atomic mass is 10.1. The number of carbonyl (C=O) groups is 1. The zero-order valence-corrected chi connectivity index (χ0v) is 17.1. The minimum absolute atomic E-state index is 0.206. The summed E-state index contributed by atoms with van der Waals surface area (Å²) < 4.78 is 11.2. The van der Waals surface area contributed by atoms with E-state index < -0.39 is 0 Å². The number of nitrogens with one attached hydrogen (secondary N) is 1. The standard InChI is InChI=1S/C25H23N3O3/c26-17-20-5-1-2-6-21(20)18-31-24-10-3-7-19(15-24)25(29)27-22-8-4-9-23(16-22)28-11-13-30-14-12-28/h1-10,15-16H,11-14,18H2,(H,27,29). The van der Waals surface area contributed by atoms with E-state index in [0.29, 0.717) is 30.1 Å². The molecule has 1 aliphatic heterocycles. The number of morpholine rings is 1. The Morgan fingerprint density at radius 1 is 1.03 bits per heavy atom. The van der Waals surface area contributed by atoms with Gasteiger partial charge in [0, 0.05) is 35.6 Å². The fraction of sp³-hybridized carbons (Fsp3) is 0.200. The molecule has 1 amide bonds. The number of hydrogen-bond acceptors (Lipinski definition) is 5. The molecule has 0 aliphatic carbocycles. The van der Waals surface area contributed by atoms with Crippen molar-refractivity contribution in [2.45, 2.75) is 6.61 Å². The molecule has 3 aromatic carbocycles. The first-order valence-corrected chi connectivity index (χ1v) is 10.2. The highest BCUT2D eigenvalue weighted by Crippen LogP contribution is 2.22. The van der Waals surface area contributed by atoms with Gasteiger partial charge in [0.1, 0.15) is 12.4 Å². The van der Waals surface area contributed by atoms with E-state index in [4.69, 9.17) is 9.47 Å². The van der Waals surface area contributed by atoms with E-state index in [1.54, 1.807) is 30.3 Å². The Balaban J connectivity index is 1.42. The normalized spacial score (nSPS) is 13.3. The Bertz CT molecular complexity index is 1100. The van der Waals surface area contributed by atoms with E-state index in [9.17, 15) is 10.1 Å². The van der Waals surface area contributed by atoms with Crippen molar-refractivity contribution in [1.29, 1.82) is 5.26 Å². The molecule has 0 atom stereocenters. The molecule has 0 radical (unpaired) electrons. The molecule has 3 aromatic rings. The first-order chi connectivity index (χ1) is 15.2. The number of hydrogen-bond donors (Lipinski definition) is 1. The van der Waals surface area contributed by atoms with Crippen molar-refractivity contribution >= 4 is 17.3 Å². The molecule has 0 saturated carbocycles. The monoisotopic (exact) mass is 413 g/mol. The summed E-state index contributed by atoms with van der Waals surface area (Å²) in [7, 11) is 0. The molecule has 0 spiro atoms. The molecule has 156 valence electrons. The van der Waals surface area contributed by atoms with Crippen LogP contribution in [0, 0.1) is 11.3 Å². The number of anilines is 2. The quantitative estimate of drug-likeness (QED) is 0.655. The Morgan fingerprint density at radius 3 is 2.68 bits per heavy atom. The van der Waals surface area contributed by atoms with Gasteiger partial charge in [0.25, 0.3) is 5.91 Å². The van der Waals surface area contributed by atoms with E-state index in [0.717, 1.165) is 30.0 Å². The maximum Gasteiger partial charge on any atom is 0.255 e. The van der Waals surface area contributed by atoms with Crippen LogP contribution < -0.4 is 15.0 Å². The first-order valence-electron chi connectivity index (χ1n) is 10.2. The maximum atomic E-state index is 12.8. The fourth-order valence-corrected chi connectivity index (χ4v) is 3.45. The van der Waals surface area contributed by atoms with Crippen LogP contribution in [-0.4, -0.2) is 32.2 Å². The van der Waals surface area contributed by atoms with Gasteiger partial charge in [-0.3, -0.25) is 4.79 Å². The lowest BCUT2D eigenvalue weighted by molar-refractivity contribution is 0.102. The summed E-state index contributed by atoms with van der Waals surface area (Å²) in [6, 6.07) is 24.3. The highest BCUT2D eigenvalue weighted by atomic mass is 16.5. The van der Waals surface area contributed by atoms with E-state index in [2.05, 4.69) is 16.3 Å². The topological polar surface area (TPSA) is 74.6 Å². The van der Waals surface area contributed by atoms with Crippen LogP contribution in [0.2, 0.25) is 0 Å². The van der Waals surface area contributed by atoms with Crippen molar-refractivity contribution in [1.82, 2.24) is 0 Å². The van der Waals surface area contributed by atoms with Gasteiger partial charge in [-0.05, 0) is 42.5 Å². The number of rotatable bonds is 6. The molecule has 0 bridgehead atoms. The fourth-order valence-electron chi connectivity index (χ4n) is 3.45. The second-order valence-electron chi connectivity index (χ2n) is 7.19. The number of benzene rings is 3. The second-order valence-corrected chi connectivity index (χ2v) is 7.19. The average Bonchev–Trinajstić information content (AvgIpc) is 2.84. The SMILES string of the molecule is N#Cc1ccccc1COc1cccc(C(=O)Nc2cccc(N3CCOCC3)c2)c1. The van der Waals surface area contributed by atoms with Crippen LogP contribution in [0.3, 0.4) is 0 Å². The summed E-state index contributed by atoms with van der Waals surface area (Å²) in [5.41, 5.74) is 3.69. The van der Waals surface area contributed by atoms with Gasteiger partial charge < -0.3 is 19.7 Å². The Kier molecular flexibility index (Phi) is 6.46. The minimum atomic E-state index is -0.206. The van der Waals surface area contributed by atoms with Gasteiger partial charge in [-0.15, -0.1) is 0 Å². The van der Waals surface area contributed by atoms with Crippen molar-refractivity contribution < 1.29 is 14.3 Å². The molecular weight excluding hydrogens is 390 g/mol. The van der Waals surface area contributed by atoms with E-state index >= 15 is 0 Å². The van der Waals surface area contributed by atoms with Gasteiger partial charge in [-0.25, -0.2) is 0 Å². The van der Waals surface area contributed by atoms with Crippen molar-refractivity contribution in [2.75, 3.05) is 36.5 Å². The molecule has 0 aromatic heterocycles. The molecule has 31 heavy (non-hydrogen) atoms. The Hall–Kier alpha value is -3.82. The Morgan fingerprint density at radius 2 is 1.84 bits per heavy atom. The molecule has 1 saturated heterocycles. The molecule has 1 fully saturated rings. The van der Waals surface area contributed by atoms with E-state index in [1.807, 2.05) is 42.5 Å². The summed E-state index contributed by atoms with van der Waals surface area (Å²) in [5, 5.41) is 12.2.